The maximum absolute atomic E-state index is 13.4. The Kier molecular flexibility index (Phi) is 64.8. The predicted octanol–water partition coefficient (Wildman–Crippen LogP) is 19.8. The van der Waals surface area contributed by atoms with Crippen molar-refractivity contribution in [3.05, 3.63) is 24.3 Å². The lowest BCUT2D eigenvalue weighted by Gasteiger charge is -2.46. The van der Waals surface area contributed by atoms with Crippen molar-refractivity contribution in [3.63, 3.8) is 0 Å². The maximum atomic E-state index is 13.4. The summed E-state index contributed by atoms with van der Waals surface area (Å²) in [6.45, 7) is 2.88. The summed E-state index contributed by atoms with van der Waals surface area (Å²) in [4.78, 5) is 13.4. The van der Waals surface area contributed by atoms with E-state index in [9.17, 15) is 45.6 Å². The molecule has 2 heterocycles. The van der Waals surface area contributed by atoms with Crippen molar-refractivity contribution in [2.24, 2.45) is 0 Å². The van der Waals surface area contributed by atoms with Crippen LogP contribution >= 0.6 is 0 Å². The number of allylic oxidation sites excluding steroid dienone is 3. The fourth-order valence-electron chi connectivity index (χ4n) is 14.4. The Hall–Kier alpha value is -1.53. The van der Waals surface area contributed by atoms with Crippen molar-refractivity contribution < 1.29 is 64.6 Å². The van der Waals surface area contributed by atoms with Gasteiger partial charge >= 0.3 is 0 Å². The van der Waals surface area contributed by atoms with Crippen LogP contribution in [0, 0.1) is 0 Å². The molecule has 2 aliphatic heterocycles. The Morgan fingerprint density at radius 2 is 0.643 bits per heavy atom. The first kappa shape index (κ1) is 92.6. The molecule has 2 aliphatic rings. The molecule has 1 amide bonds. The molecule has 580 valence electrons. The maximum Gasteiger partial charge on any atom is 0.220 e. The van der Waals surface area contributed by atoms with Crippen molar-refractivity contribution in [3.8, 4) is 0 Å². The largest absolute Gasteiger partial charge is 0.394 e. The predicted molar refractivity (Wildman–Crippen MR) is 406 cm³/mol. The van der Waals surface area contributed by atoms with E-state index < -0.39 is 86.8 Å². The zero-order valence-corrected chi connectivity index (χ0v) is 63.8. The number of aliphatic hydroxyl groups is 8. The van der Waals surface area contributed by atoms with E-state index in [0.717, 1.165) is 38.5 Å². The second-order valence-electron chi connectivity index (χ2n) is 30.3. The summed E-state index contributed by atoms with van der Waals surface area (Å²) in [5.74, 6) is -0.229. The number of nitrogens with one attached hydrogen (secondary N) is 1. The first-order valence-electron chi connectivity index (χ1n) is 42.6. The summed E-state index contributed by atoms with van der Waals surface area (Å²) in [5.41, 5.74) is 0. The summed E-state index contributed by atoms with van der Waals surface area (Å²) in [7, 11) is 0. The zero-order chi connectivity index (χ0) is 70.8. The summed E-state index contributed by atoms with van der Waals surface area (Å²) < 4.78 is 23.0. The van der Waals surface area contributed by atoms with Crippen LogP contribution in [0.15, 0.2) is 24.3 Å². The topological polar surface area (TPSA) is 228 Å². The van der Waals surface area contributed by atoms with Gasteiger partial charge in [-0.05, 0) is 44.9 Å². The molecule has 0 aromatic heterocycles. The molecule has 14 heteroatoms. The van der Waals surface area contributed by atoms with Gasteiger partial charge in [0.2, 0.25) is 5.91 Å². The highest BCUT2D eigenvalue weighted by molar-refractivity contribution is 5.76. The van der Waals surface area contributed by atoms with Crippen LogP contribution in [0.2, 0.25) is 0 Å². The highest BCUT2D eigenvalue weighted by Crippen LogP contribution is 2.31. The van der Waals surface area contributed by atoms with Gasteiger partial charge in [0, 0.05) is 6.42 Å². The van der Waals surface area contributed by atoms with E-state index in [0.29, 0.717) is 6.42 Å². The molecule has 12 atom stereocenters. The average molecular weight is 1390 g/mol. The zero-order valence-electron chi connectivity index (χ0n) is 63.8. The van der Waals surface area contributed by atoms with Crippen molar-refractivity contribution in [2.75, 3.05) is 19.8 Å². The molecular formula is C84H161NO13. The van der Waals surface area contributed by atoms with Gasteiger partial charge in [-0.15, -0.1) is 0 Å². The second-order valence-corrected chi connectivity index (χ2v) is 30.3. The molecule has 0 bridgehead atoms. The van der Waals surface area contributed by atoms with Crippen LogP contribution in [0.5, 0.6) is 0 Å². The van der Waals surface area contributed by atoms with Gasteiger partial charge in [-0.25, -0.2) is 0 Å². The van der Waals surface area contributed by atoms with Crippen molar-refractivity contribution in [1.29, 1.82) is 0 Å². The SMILES string of the molecule is CCCCCCCCCC/C=C\CCCCCCCCCCCCCCCCCCCCCCCC(=O)NC(COC1OC(CO)C(OC2OC(CO)C(O)C(O)C2O)C(O)C1O)C(O)/C=C/CCCCCCCCCCCCCCCCCCCCCCCCCCCCCCC. The molecule has 0 aliphatic carbocycles. The number of unbranched alkanes of at least 4 members (excludes halogenated alkanes) is 58. The van der Waals surface area contributed by atoms with Crippen molar-refractivity contribution in [2.45, 2.75) is 485 Å². The number of carbonyl (C=O) groups excluding carboxylic acids is 1. The minimum Gasteiger partial charge on any atom is -0.394 e. The van der Waals surface area contributed by atoms with E-state index in [-0.39, 0.29) is 18.9 Å². The lowest BCUT2D eigenvalue weighted by Crippen LogP contribution is -2.65. The normalized spacial score (nSPS) is 22.1. The van der Waals surface area contributed by atoms with Crippen molar-refractivity contribution in [1.82, 2.24) is 5.32 Å². The third-order valence-corrected chi connectivity index (χ3v) is 21.1. The lowest BCUT2D eigenvalue weighted by molar-refractivity contribution is -0.359. The van der Waals surface area contributed by atoms with Crippen LogP contribution in [-0.2, 0) is 23.7 Å². The summed E-state index contributed by atoms with van der Waals surface area (Å²) in [5, 5.41) is 87.8. The molecule has 0 radical (unpaired) electrons. The molecule has 12 unspecified atom stereocenters. The van der Waals surface area contributed by atoms with Gasteiger partial charge in [0.1, 0.15) is 48.8 Å². The molecule has 2 saturated heterocycles. The molecule has 0 aromatic rings. The Balaban J connectivity index is 1.59. The van der Waals surface area contributed by atoms with E-state index in [1.54, 1.807) is 6.08 Å². The van der Waals surface area contributed by atoms with Crippen LogP contribution in [0.3, 0.4) is 0 Å². The first-order valence-corrected chi connectivity index (χ1v) is 42.6. The summed E-state index contributed by atoms with van der Waals surface area (Å²) in [6, 6.07) is -0.914. The Morgan fingerprint density at radius 1 is 0.357 bits per heavy atom. The average Bonchev–Trinajstić information content (AvgIpc) is 0.793. The van der Waals surface area contributed by atoms with Gasteiger partial charge in [-0.1, -0.05) is 385 Å². The van der Waals surface area contributed by atoms with E-state index in [1.165, 1.54) is 347 Å². The minimum atomic E-state index is -1.79. The number of aliphatic hydroxyl groups excluding tert-OH is 8. The molecule has 0 aromatic carbocycles. The van der Waals surface area contributed by atoms with Gasteiger partial charge in [-0.3, -0.25) is 4.79 Å². The highest BCUT2D eigenvalue weighted by Gasteiger charge is 2.51. The van der Waals surface area contributed by atoms with E-state index >= 15 is 0 Å². The number of carbonyl (C=O) groups is 1. The minimum absolute atomic E-state index is 0.229. The Labute approximate surface area is 602 Å². The van der Waals surface area contributed by atoms with Crippen LogP contribution in [0.25, 0.3) is 0 Å². The second kappa shape index (κ2) is 68.6. The smallest absolute Gasteiger partial charge is 0.220 e. The van der Waals surface area contributed by atoms with Crippen LogP contribution in [0.4, 0.5) is 0 Å². The van der Waals surface area contributed by atoms with E-state index in [2.05, 4.69) is 31.3 Å². The molecule has 2 rings (SSSR count). The number of hydrogen-bond acceptors (Lipinski definition) is 13. The van der Waals surface area contributed by atoms with Crippen LogP contribution in [-0.4, -0.2) is 140 Å². The van der Waals surface area contributed by atoms with Gasteiger partial charge < -0.3 is 65.1 Å². The number of rotatable bonds is 73. The molecule has 0 saturated carbocycles. The lowest BCUT2D eigenvalue weighted by atomic mass is 9.97. The molecule has 14 nitrogen and oxygen atoms in total. The monoisotopic (exact) mass is 1390 g/mol. The van der Waals surface area contributed by atoms with E-state index in [1.807, 2.05) is 6.08 Å². The molecule has 9 N–H and O–H groups in total. The van der Waals surface area contributed by atoms with Crippen molar-refractivity contribution >= 4 is 5.91 Å². The third kappa shape index (κ3) is 50.8. The third-order valence-electron chi connectivity index (χ3n) is 21.1. The van der Waals surface area contributed by atoms with Gasteiger partial charge in [0.15, 0.2) is 12.6 Å². The van der Waals surface area contributed by atoms with Crippen LogP contribution < -0.4 is 5.32 Å². The molecular weight excluding hydrogens is 1230 g/mol. The van der Waals surface area contributed by atoms with Gasteiger partial charge in [0.25, 0.3) is 0 Å². The summed E-state index contributed by atoms with van der Waals surface area (Å²) in [6.07, 6.45) is 72.8. The van der Waals surface area contributed by atoms with E-state index in [4.69, 9.17) is 18.9 Å². The fourth-order valence-corrected chi connectivity index (χ4v) is 14.4. The Bertz CT molecular complexity index is 1740. The number of amides is 1. The standard InChI is InChI=1S/C84H161NO13/c1-3-5-7-9-11-13-15-17-19-21-23-25-27-29-31-33-35-36-38-40-42-44-46-48-50-52-54-56-58-60-62-64-66-68-76(89)85-72(71-95-83-81(94)79(92)82(75(70-87)97-83)98-84-80(93)78(91)77(90)74(69-86)96-84)73(88)67-65-63-61-59-57-55-53-51-49-47-45-43-41-39-37-34-32-30-28-26-24-22-20-18-16-14-12-10-8-6-4-2/h21,23,65,67,72-75,77-84,86-88,90-94H,3-20,22,24-64,66,68-71H2,1-2H3,(H,85,89)/b23-21-,67-65+. The number of hydrogen-bond donors (Lipinski definition) is 9. The highest BCUT2D eigenvalue weighted by atomic mass is 16.7. The molecule has 98 heavy (non-hydrogen) atoms. The van der Waals surface area contributed by atoms with Gasteiger partial charge in [-0.2, -0.15) is 0 Å². The molecule has 2 fully saturated rings. The molecule has 0 spiro atoms. The Morgan fingerprint density at radius 3 is 0.969 bits per heavy atom. The van der Waals surface area contributed by atoms with Gasteiger partial charge in [0.05, 0.1) is 32.0 Å². The quantitative estimate of drug-likeness (QED) is 0.0204. The van der Waals surface area contributed by atoms with Crippen LogP contribution in [0.1, 0.15) is 412 Å². The number of ether oxygens (including phenoxy) is 4. The fraction of sp³-hybridized carbons (Fsp3) is 0.940. The summed E-state index contributed by atoms with van der Waals surface area (Å²) >= 11 is 0. The first-order chi connectivity index (χ1) is 48.1.